The van der Waals surface area contributed by atoms with E-state index >= 15 is 0 Å². The summed E-state index contributed by atoms with van der Waals surface area (Å²) in [6.45, 7) is 4.49. The predicted molar refractivity (Wildman–Crippen MR) is 128 cm³/mol. The van der Waals surface area contributed by atoms with Gasteiger partial charge in [0.1, 0.15) is 0 Å². The Labute approximate surface area is 195 Å². The van der Waals surface area contributed by atoms with Gasteiger partial charge in [0.15, 0.2) is 0 Å². The van der Waals surface area contributed by atoms with Crippen molar-refractivity contribution in [2.24, 2.45) is 5.92 Å². The lowest BCUT2D eigenvalue weighted by atomic mass is 9.93. The summed E-state index contributed by atoms with van der Waals surface area (Å²) in [5.41, 5.74) is 2.71. The van der Waals surface area contributed by atoms with Crippen LogP contribution in [0.25, 0.3) is 0 Å². The van der Waals surface area contributed by atoms with E-state index in [1.807, 2.05) is 21.1 Å². The molecule has 2 aromatic rings. The minimum atomic E-state index is 0.223. The van der Waals surface area contributed by atoms with Gasteiger partial charge in [0.05, 0.1) is 6.04 Å². The fourth-order valence-electron chi connectivity index (χ4n) is 5.64. The lowest BCUT2D eigenvalue weighted by molar-refractivity contribution is -0.142. The van der Waals surface area contributed by atoms with Gasteiger partial charge in [-0.05, 0) is 41.8 Å². The number of hydrogen-bond donors (Lipinski definition) is 0. The third-order valence-electron chi connectivity index (χ3n) is 7.44. The number of thiophene rings is 1. The number of piperazine rings is 1. The Bertz CT molecular complexity index is 930. The lowest BCUT2D eigenvalue weighted by Crippen LogP contribution is -2.52. The molecule has 5 nitrogen and oxygen atoms in total. The molecule has 1 aromatic carbocycles. The van der Waals surface area contributed by atoms with Gasteiger partial charge < -0.3 is 9.80 Å². The first kappa shape index (κ1) is 21.7. The molecule has 3 heterocycles. The summed E-state index contributed by atoms with van der Waals surface area (Å²) in [5, 5.41) is 2.20. The zero-order valence-electron chi connectivity index (χ0n) is 18.7. The molecule has 3 aliphatic rings. The van der Waals surface area contributed by atoms with Gasteiger partial charge in [-0.2, -0.15) is 0 Å². The molecule has 170 valence electrons. The van der Waals surface area contributed by atoms with Crippen molar-refractivity contribution in [1.29, 1.82) is 0 Å². The van der Waals surface area contributed by atoms with Crippen molar-refractivity contribution >= 4 is 23.2 Å². The molecule has 0 N–H and O–H groups in total. The second kappa shape index (κ2) is 9.75. The van der Waals surface area contributed by atoms with E-state index in [9.17, 15) is 9.59 Å². The van der Waals surface area contributed by atoms with Crippen LogP contribution >= 0.6 is 11.3 Å². The van der Waals surface area contributed by atoms with Crippen molar-refractivity contribution in [2.75, 3.05) is 39.3 Å². The molecule has 2 aliphatic heterocycles. The summed E-state index contributed by atoms with van der Waals surface area (Å²) in [7, 11) is 0. The van der Waals surface area contributed by atoms with Gasteiger partial charge >= 0.3 is 0 Å². The maximum absolute atomic E-state index is 13.0. The maximum atomic E-state index is 13.0. The summed E-state index contributed by atoms with van der Waals surface area (Å²) in [6, 6.07) is 13.2. The molecule has 32 heavy (non-hydrogen) atoms. The van der Waals surface area contributed by atoms with Crippen LogP contribution in [0.2, 0.25) is 0 Å². The van der Waals surface area contributed by atoms with Crippen LogP contribution in [0.1, 0.15) is 54.1 Å². The Morgan fingerprint density at radius 2 is 1.62 bits per heavy atom. The molecule has 1 aliphatic carbocycles. The zero-order chi connectivity index (χ0) is 21.9. The molecule has 1 saturated carbocycles. The van der Waals surface area contributed by atoms with Crippen LogP contribution in [0, 0.1) is 5.92 Å². The van der Waals surface area contributed by atoms with Gasteiger partial charge in [-0.15, -0.1) is 11.3 Å². The lowest BCUT2D eigenvalue weighted by Gasteiger charge is -2.38. The van der Waals surface area contributed by atoms with E-state index in [0.29, 0.717) is 38.5 Å². The standard InChI is InChI=1S/C26H33N3O2S/c30-24(27-15-17-29(18-16-27)26(31)21-8-4-5-9-21)11-14-28-13-10-23-22(12-19-32-23)25(28)20-6-2-1-3-7-20/h1-3,6-7,12,19,21,25H,4-5,8-11,13-18H2. The third-order valence-corrected chi connectivity index (χ3v) is 8.44. The first-order chi connectivity index (χ1) is 15.7. The smallest absolute Gasteiger partial charge is 0.225 e. The number of carbonyl (C=O) groups excluding carboxylic acids is 2. The number of rotatable bonds is 5. The first-order valence-corrected chi connectivity index (χ1v) is 13.0. The summed E-state index contributed by atoms with van der Waals surface area (Å²) in [5.74, 6) is 0.773. The number of benzene rings is 1. The highest BCUT2D eigenvalue weighted by atomic mass is 32.1. The summed E-state index contributed by atoms with van der Waals surface area (Å²) < 4.78 is 0. The first-order valence-electron chi connectivity index (χ1n) is 12.1. The van der Waals surface area contributed by atoms with E-state index in [0.717, 1.165) is 32.4 Å². The van der Waals surface area contributed by atoms with Gasteiger partial charge in [0, 0.05) is 56.5 Å². The molecule has 0 bridgehead atoms. The van der Waals surface area contributed by atoms with Crippen LogP contribution in [0.4, 0.5) is 0 Å². The second-order valence-electron chi connectivity index (χ2n) is 9.34. The SMILES string of the molecule is O=C(CCN1CCc2sccc2C1c1ccccc1)N1CCN(C(=O)C2CCCC2)CC1. The molecule has 2 fully saturated rings. The number of nitrogens with zero attached hydrogens (tertiary/aromatic N) is 3. The average Bonchev–Trinajstić information content (AvgIpc) is 3.55. The highest BCUT2D eigenvalue weighted by molar-refractivity contribution is 7.10. The Hall–Kier alpha value is -2.18. The van der Waals surface area contributed by atoms with Crippen molar-refractivity contribution in [2.45, 2.75) is 44.6 Å². The third kappa shape index (κ3) is 4.48. The molecule has 6 heteroatoms. The fraction of sp³-hybridized carbons (Fsp3) is 0.538. The van der Waals surface area contributed by atoms with Gasteiger partial charge in [-0.25, -0.2) is 0 Å². The number of amides is 2. The minimum Gasteiger partial charge on any atom is -0.339 e. The molecule has 1 aromatic heterocycles. The molecule has 5 rings (SSSR count). The van der Waals surface area contributed by atoms with Crippen LogP contribution in [0.15, 0.2) is 41.8 Å². The summed E-state index contributed by atoms with van der Waals surface area (Å²) >= 11 is 1.85. The minimum absolute atomic E-state index is 0.223. The van der Waals surface area contributed by atoms with Crippen LogP contribution in [-0.4, -0.2) is 65.8 Å². The molecular weight excluding hydrogens is 418 g/mol. The Morgan fingerprint density at radius 1 is 0.906 bits per heavy atom. The van der Waals surface area contributed by atoms with Crippen LogP contribution in [-0.2, 0) is 16.0 Å². The molecule has 1 atom stereocenters. The fourth-order valence-corrected chi connectivity index (χ4v) is 6.54. The van der Waals surface area contributed by atoms with E-state index in [1.165, 1.54) is 28.8 Å². The normalized spacial score (nSPS) is 22.2. The van der Waals surface area contributed by atoms with Crippen molar-refractivity contribution in [3.8, 4) is 0 Å². The van der Waals surface area contributed by atoms with Crippen LogP contribution in [0.3, 0.4) is 0 Å². The van der Waals surface area contributed by atoms with Gasteiger partial charge in [0.25, 0.3) is 0 Å². The molecule has 0 radical (unpaired) electrons. The van der Waals surface area contributed by atoms with Crippen molar-refractivity contribution in [1.82, 2.24) is 14.7 Å². The Kier molecular flexibility index (Phi) is 6.60. The summed E-state index contributed by atoms with van der Waals surface area (Å²) in [4.78, 5) is 33.6. The monoisotopic (exact) mass is 451 g/mol. The van der Waals surface area contributed by atoms with E-state index in [-0.39, 0.29) is 17.9 Å². The summed E-state index contributed by atoms with van der Waals surface area (Å²) in [6.07, 6.45) is 6.06. The van der Waals surface area contributed by atoms with E-state index in [4.69, 9.17) is 0 Å². The van der Waals surface area contributed by atoms with Gasteiger partial charge in [0.2, 0.25) is 11.8 Å². The van der Waals surface area contributed by atoms with E-state index < -0.39 is 0 Å². The average molecular weight is 452 g/mol. The topological polar surface area (TPSA) is 43.9 Å². The van der Waals surface area contributed by atoms with Gasteiger partial charge in [-0.1, -0.05) is 43.2 Å². The largest absolute Gasteiger partial charge is 0.339 e. The zero-order valence-corrected chi connectivity index (χ0v) is 19.6. The predicted octanol–water partition coefficient (Wildman–Crippen LogP) is 3.95. The Morgan fingerprint density at radius 3 is 2.38 bits per heavy atom. The van der Waals surface area contributed by atoms with E-state index in [1.54, 1.807) is 0 Å². The molecule has 1 unspecified atom stereocenters. The molecule has 1 saturated heterocycles. The second-order valence-corrected chi connectivity index (χ2v) is 10.3. The van der Waals surface area contributed by atoms with Gasteiger partial charge in [-0.3, -0.25) is 14.5 Å². The quantitative estimate of drug-likeness (QED) is 0.692. The number of carbonyl (C=O) groups is 2. The number of hydrogen-bond acceptors (Lipinski definition) is 4. The van der Waals surface area contributed by atoms with E-state index in [2.05, 4.69) is 46.7 Å². The van der Waals surface area contributed by atoms with Crippen LogP contribution < -0.4 is 0 Å². The van der Waals surface area contributed by atoms with Crippen LogP contribution in [0.5, 0.6) is 0 Å². The molecular formula is C26H33N3O2S. The Balaban J connectivity index is 1.17. The van der Waals surface area contributed by atoms with Crippen molar-refractivity contribution < 1.29 is 9.59 Å². The highest BCUT2D eigenvalue weighted by Crippen LogP contribution is 2.37. The number of fused-ring (bicyclic) bond motifs is 1. The highest BCUT2D eigenvalue weighted by Gasteiger charge is 2.32. The van der Waals surface area contributed by atoms with Crippen molar-refractivity contribution in [3.63, 3.8) is 0 Å². The molecule has 2 amide bonds. The maximum Gasteiger partial charge on any atom is 0.225 e. The van der Waals surface area contributed by atoms with Crippen molar-refractivity contribution in [3.05, 3.63) is 57.8 Å². The molecule has 0 spiro atoms.